The van der Waals surface area contributed by atoms with Gasteiger partial charge in [-0.05, 0) is 23.8 Å². The number of carbonyl (C=O) groups is 2. The maximum Gasteiger partial charge on any atom is 0.376 e. The first-order valence-electron chi connectivity index (χ1n) is 3.28. The lowest BCUT2D eigenvalue weighted by Gasteiger charge is -1.82. The quantitative estimate of drug-likeness (QED) is 0.511. The van der Waals surface area contributed by atoms with Crippen LogP contribution in [0.2, 0.25) is 0 Å². The number of aromatic amines is 1. The number of hydrogen-bond donors (Lipinski definition) is 2. The van der Waals surface area contributed by atoms with Gasteiger partial charge in [-0.25, -0.2) is 4.79 Å². The molecule has 1 rings (SSSR count). The maximum absolute atomic E-state index is 10.5. The van der Waals surface area contributed by atoms with Gasteiger partial charge in [0.1, 0.15) is 0 Å². The van der Waals surface area contributed by atoms with Crippen molar-refractivity contribution in [2.24, 2.45) is 0 Å². The van der Waals surface area contributed by atoms with Crippen LogP contribution in [-0.4, -0.2) is 21.8 Å². The van der Waals surface area contributed by atoms with Gasteiger partial charge in [0.05, 0.1) is 0 Å². The summed E-state index contributed by atoms with van der Waals surface area (Å²) in [6, 6.07) is 1.73. The standard InChI is InChI=1S/C8H7NO3/c10-7(8(11)12)2-1-6-3-4-9-5-6/h1-5,9H,(H,11,12)/b2-1+. The molecule has 62 valence electrons. The summed E-state index contributed by atoms with van der Waals surface area (Å²) in [6.07, 6.45) is 5.80. The molecular formula is C8H7NO3. The summed E-state index contributed by atoms with van der Waals surface area (Å²) in [7, 11) is 0. The van der Waals surface area contributed by atoms with Gasteiger partial charge in [0, 0.05) is 12.4 Å². The van der Waals surface area contributed by atoms with Crippen LogP contribution in [0.1, 0.15) is 5.56 Å². The maximum atomic E-state index is 10.5. The Balaban J connectivity index is 2.63. The van der Waals surface area contributed by atoms with Gasteiger partial charge in [0.25, 0.3) is 5.78 Å². The van der Waals surface area contributed by atoms with Crippen LogP contribution >= 0.6 is 0 Å². The summed E-state index contributed by atoms with van der Waals surface area (Å²) in [5.41, 5.74) is 0.768. The first-order valence-corrected chi connectivity index (χ1v) is 3.28. The smallest absolute Gasteiger partial charge is 0.376 e. The summed E-state index contributed by atoms with van der Waals surface area (Å²) in [4.78, 5) is 23.4. The van der Waals surface area contributed by atoms with Gasteiger partial charge in [-0.2, -0.15) is 0 Å². The minimum Gasteiger partial charge on any atom is -0.475 e. The second kappa shape index (κ2) is 3.52. The molecule has 0 aromatic carbocycles. The topological polar surface area (TPSA) is 70.2 Å². The molecule has 0 atom stereocenters. The van der Waals surface area contributed by atoms with Gasteiger partial charge in [-0.3, -0.25) is 4.79 Å². The molecule has 0 aliphatic rings. The number of aromatic nitrogens is 1. The summed E-state index contributed by atoms with van der Waals surface area (Å²) < 4.78 is 0. The number of carboxylic acid groups (broad SMARTS) is 1. The molecule has 1 aromatic heterocycles. The molecular weight excluding hydrogens is 158 g/mol. The van der Waals surface area contributed by atoms with Crippen molar-refractivity contribution in [1.29, 1.82) is 0 Å². The molecule has 2 N–H and O–H groups in total. The molecule has 0 bridgehead atoms. The van der Waals surface area contributed by atoms with Gasteiger partial charge < -0.3 is 10.1 Å². The third kappa shape index (κ3) is 2.09. The van der Waals surface area contributed by atoms with Gasteiger partial charge in [0.15, 0.2) is 0 Å². The molecule has 1 heterocycles. The molecule has 1 aromatic rings. The van der Waals surface area contributed by atoms with E-state index in [0.29, 0.717) is 0 Å². The van der Waals surface area contributed by atoms with Crippen LogP contribution in [0.5, 0.6) is 0 Å². The zero-order valence-corrected chi connectivity index (χ0v) is 6.15. The van der Waals surface area contributed by atoms with Gasteiger partial charge in [0.2, 0.25) is 0 Å². The Hall–Kier alpha value is -1.84. The van der Waals surface area contributed by atoms with Crippen LogP contribution in [-0.2, 0) is 9.59 Å². The number of ketones is 1. The number of carboxylic acids is 1. The Kier molecular flexibility index (Phi) is 2.42. The van der Waals surface area contributed by atoms with Gasteiger partial charge in [-0.15, -0.1) is 0 Å². The van der Waals surface area contributed by atoms with Crippen LogP contribution < -0.4 is 0 Å². The highest BCUT2D eigenvalue weighted by Crippen LogP contribution is 1.98. The second-order valence-corrected chi connectivity index (χ2v) is 2.15. The van der Waals surface area contributed by atoms with E-state index in [1.54, 1.807) is 18.5 Å². The largest absolute Gasteiger partial charge is 0.475 e. The lowest BCUT2D eigenvalue weighted by atomic mass is 10.2. The highest BCUT2D eigenvalue weighted by Gasteiger charge is 2.04. The molecule has 4 nitrogen and oxygen atoms in total. The van der Waals surface area contributed by atoms with Gasteiger partial charge >= 0.3 is 5.97 Å². The van der Waals surface area contributed by atoms with Crippen molar-refractivity contribution in [3.63, 3.8) is 0 Å². The molecule has 0 saturated carbocycles. The summed E-state index contributed by atoms with van der Waals surface area (Å²) >= 11 is 0. The predicted octanol–water partition coefficient (Wildman–Crippen LogP) is 0.682. The molecule has 0 fully saturated rings. The molecule has 12 heavy (non-hydrogen) atoms. The number of nitrogens with one attached hydrogen (secondary N) is 1. The first kappa shape index (κ1) is 8.26. The van der Waals surface area contributed by atoms with E-state index in [9.17, 15) is 9.59 Å². The Labute approximate surface area is 68.5 Å². The lowest BCUT2D eigenvalue weighted by Crippen LogP contribution is -2.08. The average Bonchev–Trinajstić information content (AvgIpc) is 2.51. The van der Waals surface area contributed by atoms with Crippen molar-refractivity contribution in [3.05, 3.63) is 30.1 Å². The minimum atomic E-state index is -1.44. The molecule has 0 amide bonds. The third-order valence-electron chi connectivity index (χ3n) is 1.26. The molecule has 4 heteroatoms. The fourth-order valence-corrected chi connectivity index (χ4v) is 0.684. The number of carbonyl (C=O) groups excluding carboxylic acids is 1. The molecule has 0 saturated heterocycles. The van der Waals surface area contributed by atoms with Crippen LogP contribution in [0.3, 0.4) is 0 Å². The first-order chi connectivity index (χ1) is 5.70. The van der Waals surface area contributed by atoms with Gasteiger partial charge in [-0.1, -0.05) is 0 Å². The van der Waals surface area contributed by atoms with Crippen molar-refractivity contribution in [3.8, 4) is 0 Å². The van der Waals surface area contributed by atoms with E-state index in [4.69, 9.17) is 5.11 Å². The average molecular weight is 165 g/mol. The predicted molar refractivity (Wildman–Crippen MR) is 42.5 cm³/mol. The molecule has 0 radical (unpaired) electrons. The zero-order valence-electron chi connectivity index (χ0n) is 6.15. The van der Waals surface area contributed by atoms with Crippen molar-refractivity contribution in [2.75, 3.05) is 0 Å². The zero-order chi connectivity index (χ0) is 8.97. The second-order valence-electron chi connectivity index (χ2n) is 2.15. The molecule has 0 aliphatic heterocycles. The van der Waals surface area contributed by atoms with Crippen LogP contribution in [0.4, 0.5) is 0 Å². The summed E-state index contributed by atoms with van der Waals surface area (Å²) in [5, 5.41) is 8.20. The Morgan fingerprint density at radius 3 is 2.75 bits per heavy atom. The highest BCUT2D eigenvalue weighted by molar-refractivity contribution is 6.38. The summed E-state index contributed by atoms with van der Waals surface area (Å²) in [6.45, 7) is 0. The SMILES string of the molecule is O=C(O)C(=O)/C=C/c1cc[nH]c1. The fourth-order valence-electron chi connectivity index (χ4n) is 0.684. The van der Waals surface area contributed by atoms with E-state index in [2.05, 4.69) is 4.98 Å². The highest BCUT2D eigenvalue weighted by atomic mass is 16.4. The van der Waals surface area contributed by atoms with E-state index < -0.39 is 11.8 Å². The number of rotatable bonds is 3. The van der Waals surface area contributed by atoms with E-state index >= 15 is 0 Å². The van der Waals surface area contributed by atoms with E-state index in [1.165, 1.54) is 6.08 Å². The number of H-pyrrole nitrogens is 1. The molecule has 0 aliphatic carbocycles. The van der Waals surface area contributed by atoms with E-state index in [0.717, 1.165) is 11.6 Å². The van der Waals surface area contributed by atoms with Crippen LogP contribution in [0.15, 0.2) is 24.5 Å². The fraction of sp³-hybridized carbons (Fsp3) is 0. The Bertz CT molecular complexity index is 311. The lowest BCUT2D eigenvalue weighted by molar-refractivity contribution is -0.146. The van der Waals surface area contributed by atoms with E-state index in [-0.39, 0.29) is 0 Å². The molecule has 0 unspecified atom stereocenters. The Morgan fingerprint density at radius 2 is 2.25 bits per heavy atom. The third-order valence-corrected chi connectivity index (χ3v) is 1.26. The molecule has 0 spiro atoms. The van der Waals surface area contributed by atoms with Crippen molar-refractivity contribution in [1.82, 2.24) is 4.98 Å². The van der Waals surface area contributed by atoms with Crippen molar-refractivity contribution in [2.45, 2.75) is 0 Å². The number of hydrogen-bond acceptors (Lipinski definition) is 2. The van der Waals surface area contributed by atoms with Crippen LogP contribution in [0, 0.1) is 0 Å². The van der Waals surface area contributed by atoms with E-state index in [1.807, 2.05) is 0 Å². The minimum absolute atomic E-state index is 0.768. The Morgan fingerprint density at radius 1 is 1.50 bits per heavy atom. The van der Waals surface area contributed by atoms with Crippen molar-refractivity contribution < 1.29 is 14.7 Å². The number of aliphatic carboxylic acids is 1. The summed E-state index contributed by atoms with van der Waals surface area (Å²) in [5.74, 6) is -2.36. The normalized spacial score (nSPS) is 10.3. The van der Waals surface area contributed by atoms with Crippen LogP contribution in [0.25, 0.3) is 6.08 Å². The monoisotopic (exact) mass is 165 g/mol. The van der Waals surface area contributed by atoms with Crippen molar-refractivity contribution >= 4 is 17.8 Å².